The zero-order valence-electron chi connectivity index (χ0n) is 10.5. The van der Waals surface area contributed by atoms with Gasteiger partial charge in [-0.15, -0.1) is 0 Å². The van der Waals surface area contributed by atoms with Crippen molar-refractivity contribution in [1.29, 1.82) is 0 Å². The molecule has 0 N–H and O–H groups in total. The summed E-state index contributed by atoms with van der Waals surface area (Å²) in [6.07, 6.45) is 1.11. The maximum absolute atomic E-state index is 13.0. The fourth-order valence-corrected chi connectivity index (χ4v) is 4.12. The minimum Gasteiger partial charge on any atom is -0.220 e. The average molecular weight is 312 g/mol. The first-order valence-corrected chi connectivity index (χ1v) is 9.06. The van der Waals surface area contributed by atoms with Gasteiger partial charge in [-0.3, -0.25) is 0 Å². The van der Waals surface area contributed by atoms with Gasteiger partial charge in [-0.25, -0.2) is 17.2 Å². The average Bonchev–Trinajstić information content (AvgIpc) is 2.37. The van der Waals surface area contributed by atoms with Crippen LogP contribution in [0.4, 0.5) is 8.78 Å². The lowest BCUT2D eigenvalue weighted by molar-refractivity contribution is 0.615. The second-order valence-electron chi connectivity index (χ2n) is 4.19. The van der Waals surface area contributed by atoms with Crippen molar-refractivity contribution < 1.29 is 17.2 Å². The van der Waals surface area contributed by atoms with Crippen LogP contribution in [0.2, 0.25) is 0 Å². The molecule has 0 aromatic heterocycles. The van der Waals surface area contributed by atoms with E-state index < -0.39 is 21.1 Å². The van der Waals surface area contributed by atoms with Crippen LogP contribution in [0.1, 0.15) is 11.1 Å². The molecule has 0 heterocycles. The molecule has 104 valence electrons. The molecule has 20 heavy (non-hydrogen) atoms. The number of halogens is 2. The van der Waals surface area contributed by atoms with Crippen molar-refractivity contribution in [3.63, 3.8) is 0 Å². The van der Waals surface area contributed by atoms with E-state index in [4.69, 9.17) is 0 Å². The largest absolute Gasteiger partial charge is 0.220 e. The lowest BCUT2D eigenvalue weighted by Gasteiger charge is -2.07. The Labute approximate surface area is 117 Å². The minimum absolute atomic E-state index is 0.0944. The molecule has 0 spiro atoms. The fraction of sp³-hybridized carbons (Fsp3) is 0.0714. The Morgan fingerprint density at radius 1 is 0.850 bits per heavy atom. The summed E-state index contributed by atoms with van der Waals surface area (Å²) >= 11 is 0. The summed E-state index contributed by atoms with van der Waals surface area (Å²) in [6, 6.07) is 11.1. The molecule has 2 aromatic carbocycles. The van der Waals surface area contributed by atoms with Crippen LogP contribution in [-0.4, -0.2) is 20.0 Å². The highest BCUT2D eigenvalue weighted by Crippen LogP contribution is 2.22. The Kier molecular flexibility index (Phi) is 4.31. The van der Waals surface area contributed by atoms with Gasteiger partial charge in [-0.2, -0.15) is 0 Å². The van der Waals surface area contributed by atoms with Crippen LogP contribution in [-0.2, 0) is 9.46 Å². The summed E-state index contributed by atoms with van der Waals surface area (Å²) < 4.78 is 49.0. The van der Waals surface area contributed by atoms with Crippen LogP contribution in [0, 0.1) is 11.6 Å². The van der Waals surface area contributed by atoms with Crippen molar-refractivity contribution >= 4 is 22.2 Å². The van der Waals surface area contributed by atoms with Gasteiger partial charge in [0.1, 0.15) is 11.6 Å². The summed E-state index contributed by atoms with van der Waals surface area (Å²) in [4.78, 5) is 0. The van der Waals surface area contributed by atoms with E-state index in [1.165, 1.54) is 48.5 Å². The standard InChI is InChI=1S/C14H11F2O2PS/c1-20(17,18)19-14(10-2-6-12(15)7-3-10)11-4-8-13(16)9-5-11/h2-9H,1H3. The molecular weight excluding hydrogens is 301 g/mol. The third-order valence-corrected chi connectivity index (χ3v) is 5.07. The predicted molar refractivity (Wildman–Crippen MR) is 77.8 cm³/mol. The van der Waals surface area contributed by atoms with Gasteiger partial charge >= 0.3 is 0 Å². The number of benzene rings is 2. The zero-order chi connectivity index (χ0) is 14.8. The number of hydrogen-bond acceptors (Lipinski definition) is 2. The number of rotatable bonds is 3. The van der Waals surface area contributed by atoms with E-state index in [0.29, 0.717) is 16.4 Å². The first-order chi connectivity index (χ1) is 9.35. The predicted octanol–water partition coefficient (Wildman–Crippen LogP) is 3.44. The van der Waals surface area contributed by atoms with E-state index >= 15 is 0 Å². The molecule has 0 aliphatic heterocycles. The summed E-state index contributed by atoms with van der Waals surface area (Å²) in [5.74, 6) is -0.800. The molecule has 0 saturated heterocycles. The lowest BCUT2D eigenvalue weighted by atomic mass is 10.0. The highest BCUT2D eigenvalue weighted by molar-refractivity contribution is 8.42. The van der Waals surface area contributed by atoms with Crippen LogP contribution < -0.4 is 0 Å². The molecule has 0 aliphatic rings. The molecule has 0 aliphatic carbocycles. The molecule has 0 atom stereocenters. The van der Waals surface area contributed by atoms with E-state index in [2.05, 4.69) is 0 Å². The monoisotopic (exact) mass is 312 g/mol. The Balaban J connectivity index is 2.59. The third kappa shape index (κ3) is 3.95. The lowest BCUT2D eigenvalue weighted by Crippen LogP contribution is -2.02. The van der Waals surface area contributed by atoms with Crippen molar-refractivity contribution in [2.75, 3.05) is 6.26 Å². The van der Waals surface area contributed by atoms with E-state index in [-0.39, 0.29) is 7.41 Å². The molecule has 0 amide bonds. The summed E-state index contributed by atoms with van der Waals surface area (Å²) in [5.41, 5.74) is 1.18. The molecular formula is C14H11F2O2PS. The van der Waals surface area contributed by atoms with E-state index in [9.17, 15) is 17.2 Å². The molecule has 6 heteroatoms. The van der Waals surface area contributed by atoms with Crippen LogP contribution in [0.15, 0.2) is 48.5 Å². The van der Waals surface area contributed by atoms with Crippen molar-refractivity contribution in [2.45, 2.75) is 0 Å². The van der Waals surface area contributed by atoms with Gasteiger partial charge in [0.05, 0.1) is 0 Å². The Hall–Kier alpha value is -1.58. The highest BCUT2D eigenvalue weighted by Gasteiger charge is 2.10. The second-order valence-corrected chi connectivity index (χ2v) is 8.82. The maximum Gasteiger partial charge on any atom is 0.190 e. The van der Waals surface area contributed by atoms with Crippen LogP contribution in [0.25, 0.3) is 0 Å². The van der Waals surface area contributed by atoms with Crippen LogP contribution >= 0.6 is 7.41 Å². The van der Waals surface area contributed by atoms with Gasteiger partial charge in [-0.05, 0) is 35.4 Å². The molecule has 2 nitrogen and oxygen atoms in total. The van der Waals surface area contributed by atoms with Gasteiger partial charge in [0.15, 0.2) is 9.46 Å². The maximum atomic E-state index is 13.0. The van der Waals surface area contributed by atoms with Crippen LogP contribution in [0.3, 0.4) is 0 Å². The molecule has 0 bridgehead atoms. The third-order valence-electron chi connectivity index (χ3n) is 2.49. The van der Waals surface area contributed by atoms with E-state index in [0.717, 1.165) is 6.26 Å². The molecule has 2 aromatic rings. The zero-order valence-corrected chi connectivity index (χ0v) is 12.3. The van der Waals surface area contributed by atoms with Crippen molar-refractivity contribution in [3.8, 4) is 0 Å². The topological polar surface area (TPSA) is 34.1 Å². The first-order valence-electron chi connectivity index (χ1n) is 5.67. The fourth-order valence-electron chi connectivity index (χ4n) is 1.65. The summed E-state index contributed by atoms with van der Waals surface area (Å²) in [7, 11) is -3.20. The number of hydrogen-bond donors (Lipinski definition) is 0. The van der Waals surface area contributed by atoms with Crippen LogP contribution in [0.5, 0.6) is 0 Å². The Morgan fingerprint density at radius 2 is 1.20 bits per heavy atom. The van der Waals surface area contributed by atoms with Gasteiger partial charge in [0.25, 0.3) is 0 Å². The highest BCUT2D eigenvalue weighted by atomic mass is 32.7. The van der Waals surface area contributed by atoms with Gasteiger partial charge in [0, 0.05) is 19.0 Å². The summed E-state index contributed by atoms with van der Waals surface area (Å²) in [6.45, 7) is 0. The first kappa shape index (κ1) is 14.8. The SMILES string of the molecule is CS(=O)(=O)P=C(c1ccc(F)cc1)c1ccc(F)cc1. The van der Waals surface area contributed by atoms with Gasteiger partial charge < -0.3 is 0 Å². The van der Waals surface area contributed by atoms with Gasteiger partial charge in [-0.1, -0.05) is 24.3 Å². The Morgan fingerprint density at radius 3 is 1.50 bits per heavy atom. The second kappa shape index (κ2) is 5.81. The van der Waals surface area contributed by atoms with Crippen molar-refractivity contribution in [2.24, 2.45) is 0 Å². The molecule has 0 radical (unpaired) electrons. The quantitative estimate of drug-likeness (QED) is 0.814. The van der Waals surface area contributed by atoms with Gasteiger partial charge in [0.2, 0.25) is 0 Å². The molecule has 2 rings (SSSR count). The van der Waals surface area contributed by atoms with Crippen molar-refractivity contribution in [1.82, 2.24) is 0 Å². The molecule has 0 fully saturated rings. The smallest absolute Gasteiger partial charge is 0.190 e. The van der Waals surface area contributed by atoms with E-state index in [1.807, 2.05) is 0 Å². The Bertz CT molecular complexity index is 688. The van der Waals surface area contributed by atoms with Crippen molar-refractivity contribution in [3.05, 3.63) is 71.3 Å². The normalized spacial score (nSPS) is 11.6. The minimum atomic E-state index is -3.29. The van der Waals surface area contributed by atoms with E-state index in [1.54, 1.807) is 0 Å². The molecule has 0 saturated carbocycles. The summed E-state index contributed by atoms with van der Waals surface area (Å²) in [5, 5.41) is 0.493. The molecule has 0 unspecified atom stereocenters.